The fourth-order valence-electron chi connectivity index (χ4n) is 1.68. The van der Waals surface area contributed by atoms with E-state index in [0.717, 1.165) is 51.4 Å². The SMILES string of the molecule is CCCCOCCCN1CCCC1=N. The van der Waals surface area contributed by atoms with Crippen molar-refractivity contribution in [3.8, 4) is 0 Å². The first-order valence-corrected chi connectivity index (χ1v) is 5.74. The van der Waals surface area contributed by atoms with Gasteiger partial charge in [0.15, 0.2) is 0 Å². The molecule has 1 aliphatic rings. The molecule has 1 heterocycles. The van der Waals surface area contributed by atoms with Crippen LogP contribution in [-0.4, -0.2) is 37.0 Å². The summed E-state index contributed by atoms with van der Waals surface area (Å²) >= 11 is 0. The maximum atomic E-state index is 7.64. The Morgan fingerprint density at radius 1 is 1.36 bits per heavy atom. The van der Waals surface area contributed by atoms with Crippen LogP contribution in [0.1, 0.15) is 39.0 Å². The summed E-state index contributed by atoms with van der Waals surface area (Å²) in [6.45, 7) is 6.01. The van der Waals surface area contributed by atoms with Crippen LogP contribution in [0.4, 0.5) is 0 Å². The molecule has 82 valence electrons. The van der Waals surface area contributed by atoms with E-state index in [0.29, 0.717) is 0 Å². The molecule has 0 spiro atoms. The van der Waals surface area contributed by atoms with E-state index >= 15 is 0 Å². The van der Waals surface area contributed by atoms with Crippen molar-refractivity contribution in [1.82, 2.24) is 4.90 Å². The highest BCUT2D eigenvalue weighted by Crippen LogP contribution is 2.09. The lowest BCUT2D eigenvalue weighted by molar-refractivity contribution is 0.125. The fourth-order valence-corrected chi connectivity index (χ4v) is 1.68. The summed E-state index contributed by atoms with van der Waals surface area (Å²) in [5.74, 6) is 0.818. The van der Waals surface area contributed by atoms with Crippen molar-refractivity contribution in [2.45, 2.75) is 39.0 Å². The van der Waals surface area contributed by atoms with E-state index in [9.17, 15) is 0 Å². The molecular formula is C11H22N2O. The number of hydrogen-bond acceptors (Lipinski definition) is 2. The van der Waals surface area contributed by atoms with Crippen LogP contribution in [0.2, 0.25) is 0 Å². The lowest BCUT2D eigenvalue weighted by atomic mass is 10.3. The summed E-state index contributed by atoms with van der Waals surface area (Å²) in [5, 5.41) is 7.64. The molecule has 3 nitrogen and oxygen atoms in total. The number of ether oxygens (including phenoxy) is 1. The molecule has 3 heteroatoms. The molecule has 0 unspecified atom stereocenters. The molecular weight excluding hydrogens is 176 g/mol. The summed E-state index contributed by atoms with van der Waals surface area (Å²) in [4.78, 5) is 2.17. The van der Waals surface area contributed by atoms with Crippen LogP contribution in [0.15, 0.2) is 0 Å². The van der Waals surface area contributed by atoms with Crippen LogP contribution < -0.4 is 0 Å². The molecule has 0 aromatic rings. The minimum Gasteiger partial charge on any atom is -0.381 e. The Hall–Kier alpha value is -0.570. The molecule has 1 fully saturated rings. The van der Waals surface area contributed by atoms with Crippen LogP contribution in [0.5, 0.6) is 0 Å². The van der Waals surface area contributed by atoms with E-state index in [1.54, 1.807) is 0 Å². The average molecular weight is 198 g/mol. The second-order valence-electron chi connectivity index (χ2n) is 3.86. The molecule has 0 aromatic heterocycles. The van der Waals surface area contributed by atoms with Crippen molar-refractivity contribution >= 4 is 5.84 Å². The molecule has 1 saturated heterocycles. The Kier molecular flexibility index (Phi) is 5.60. The van der Waals surface area contributed by atoms with Crippen molar-refractivity contribution in [3.63, 3.8) is 0 Å². The van der Waals surface area contributed by atoms with Crippen molar-refractivity contribution in [3.05, 3.63) is 0 Å². The Labute approximate surface area is 86.9 Å². The highest BCUT2D eigenvalue weighted by molar-refractivity contribution is 5.80. The summed E-state index contributed by atoms with van der Waals surface area (Å²) in [5.41, 5.74) is 0. The molecule has 0 aliphatic carbocycles. The van der Waals surface area contributed by atoms with Crippen LogP contribution in [-0.2, 0) is 4.74 Å². The largest absolute Gasteiger partial charge is 0.381 e. The first-order chi connectivity index (χ1) is 6.84. The summed E-state index contributed by atoms with van der Waals surface area (Å²) < 4.78 is 5.47. The van der Waals surface area contributed by atoms with Gasteiger partial charge in [0.25, 0.3) is 0 Å². The number of unbranched alkanes of at least 4 members (excludes halogenated alkanes) is 1. The number of nitrogens with one attached hydrogen (secondary N) is 1. The Balaban J connectivity index is 1.90. The lowest BCUT2D eigenvalue weighted by Gasteiger charge is -2.17. The minimum absolute atomic E-state index is 0.818. The quantitative estimate of drug-likeness (QED) is 0.637. The molecule has 0 amide bonds. The van der Waals surface area contributed by atoms with E-state index in [1.807, 2.05) is 0 Å². The second kappa shape index (κ2) is 6.82. The van der Waals surface area contributed by atoms with Gasteiger partial charge in [-0.25, -0.2) is 0 Å². The van der Waals surface area contributed by atoms with Gasteiger partial charge in [0, 0.05) is 32.7 Å². The van der Waals surface area contributed by atoms with Crippen LogP contribution >= 0.6 is 0 Å². The molecule has 1 rings (SSSR count). The van der Waals surface area contributed by atoms with Gasteiger partial charge in [0.1, 0.15) is 0 Å². The number of rotatable bonds is 7. The third-order valence-electron chi connectivity index (χ3n) is 2.58. The molecule has 1 N–H and O–H groups in total. The molecule has 0 atom stereocenters. The zero-order valence-electron chi connectivity index (χ0n) is 9.22. The minimum atomic E-state index is 0.818. The Morgan fingerprint density at radius 3 is 2.79 bits per heavy atom. The van der Waals surface area contributed by atoms with Gasteiger partial charge in [0.2, 0.25) is 0 Å². The van der Waals surface area contributed by atoms with E-state index < -0.39 is 0 Å². The fraction of sp³-hybridized carbons (Fsp3) is 0.909. The van der Waals surface area contributed by atoms with Crippen molar-refractivity contribution in [2.24, 2.45) is 0 Å². The maximum absolute atomic E-state index is 7.64. The zero-order chi connectivity index (χ0) is 10.2. The predicted octanol–water partition coefficient (Wildman–Crippen LogP) is 2.27. The standard InChI is InChI=1S/C11H22N2O/c1-2-3-9-14-10-5-8-13-7-4-6-11(13)12/h12H,2-10H2,1H3. The summed E-state index contributed by atoms with van der Waals surface area (Å²) in [6.07, 6.45) is 5.56. The third kappa shape index (κ3) is 4.09. The van der Waals surface area contributed by atoms with Gasteiger partial charge in [-0.15, -0.1) is 0 Å². The second-order valence-corrected chi connectivity index (χ2v) is 3.86. The number of amidine groups is 1. The van der Waals surface area contributed by atoms with Gasteiger partial charge in [-0.2, -0.15) is 0 Å². The zero-order valence-corrected chi connectivity index (χ0v) is 9.22. The lowest BCUT2D eigenvalue weighted by Crippen LogP contribution is -2.26. The molecule has 1 aliphatic heterocycles. The number of nitrogens with zero attached hydrogens (tertiary/aromatic N) is 1. The average Bonchev–Trinajstić information content (AvgIpc) is 2.58. The van der Waals surface area contributed by atoms with Gasteiger partial charge in [-0.05, 0) is 19.3 Å². The molecule has 0 bridgehead atoms. The monoisotopic (exact) mass is 198 g/mol. The van der Waals surface area contributed by atoms with Crippen LogP contribution in [0.3, 0.4) is 0 Å². The van der Waals surface area contributed by atoms with Gasteiger partial charge < -0.3 is 9.64 Å². The Bertz CT molecular complexity index is 171. The normalized spacial score (nSPS) is 16.6. The van der Waals surface area contributed by atoms with Gasteiger partial charge in [0.05, 0.1) is 5.84 Å². The van der Waals surface area contributed by atoms with Crippen molar-refractivity contribution in [2.75, 3.05) is 26.3 Å². The first-order valence-electron chi connectivity index (χ1n) is 5.74. The van der Waals surface area contributed by atoms with Crippen molar-refractivity contribution < 1.29 is 4.74 Å². The van der Waals surface area contributed by atoms with Gasteiger partial charge in [-0.1, -0.05) is 13.3 Å². The van der Waals surface area contributed by atoms with E-state index in [-0.39, 0.29) is 0 Å². The van der Waals surface area contributed by atoms with Gasteiger partial charge >= 0.3 is 0 Å². The Morgan fingerprint density at radius 2 is 2.14 bits per heavy atom. The van der Waals surface area contributed by atoms with E-state index in [2.05, 4.69) is 11.8 Å². The maximum Gasteiger partial charge on any atom is 0.0958 e. The number of likely N-dealkylation sites (tertiary alicyclic amines) is 1. The smallest absolute Gasteiger partial charge is 0.0958 e. The van der Waals surface area contributed by atoms with Crippen LogP contribution in [0.25, 0.3) is 0 Å². The molecule has 0 aromatic carbocycles. The summed E-state index contributed by atoms with van der Waals surface area (Å²) in [6, 6.07) is 0. The highest BCUT2D eigenvalue weighted by Gasteiger charge is 2.15. The third-order valence-corrected chi connectivity index (χ3v) is 2.58. The molecule has 0 radical (unpaired) electrons. The molecule has 14 heavy (non-hydrogen) atoms. The van der Waals surface area contributed by atoms with Gasteiger partial charge in [-0.3, -0.25) is 5.41 Å². The van der Waals surface area contributed by atoms with E-state index in [4.69, 9.17) is 10.1 Å². The summed E-state index contributed by atoms with van der Waals surface area (Å²) in [7, 11) is 0. The first kappa shape index (κ1) is 11.5. The number of hydrogen-bond donors (Lipinski definition) is 1. The van der Waals surface area contributed by atoms with E-state index in [1.165, 1.54) is 12.8 Å². The van der Waals surface area contributed by atoms with Crippen molar-refractivity contribution in [1.29, 1.82) is 5.41 Å². The highest BCUT2D eigenvalue weighted by atomic mass is 16.5. The predicted molar refractivity (Wildman–Crippen MR) is 58.9 cm³/mol. The molecule has 0 saturated carbocycles. The van der Waals surface area contributed by atoms with Crippen LogP contribution in [0, 0.1) is 5.41 Å². The topological polar surface area (TPSA) is 36.3 Å².